The van der Waals surface area contributed by atoms with Gasteiger partial charge in [-0.2, -0.15) is 8.42 Å². The van der Waals surface area contributed by atoms with Gasteiger partial charge in [-0.1, -0.05) is 154 Å². The van der Waals surface area contributed by atoms with Crippen LogP contribution < -0.4 is 35.3 Å². The van der Waals surface area contributed by atoms with E-state index in [0.29, 0.717) is 35.3 Å². The Labute approximate surface area is 384 Å². The number of aliphatic hydroxyl groups excluding tert-OH is 1. The number of hydrogen-bond acceptors (Lipinski definition) is 14. The predicted molar refractivity (Wildman–Crippen MR) is 231 cm³/mol. The summed E-state index contributed by atoms with van der Waals surface area (Å²) in [5, 5.41) is 27.6. The zero-order chi connectivity index (χ0) is 43.7. The fourth-order valence-corrected chi connectivity index (χ4v) is 5.14. The maximum Gasteiger partial charge on any atom is 1.00 e. The Hall–Kier alpha value is -6.83. The number of azide groups is 1. The van der Waals surface area contributed by atoms with Gasteiger partial charge in [-0.25, -0.2) is 0 Å². The molecule has 0 amide bonds. The molecule has 8 aromatic rings. The molecule has 0 atom stereocenters. The third-order valence-corrected chi connectivity index (χ3v) is 8.12. The van der Waals surface area contributed by atoms with Crippen LogP contribution in [0.1, 0.15) is 30.5 Å². The van der Waals surface area contributed by atoms with Crippen LogP contribution in [0.25, 0.3) is 71.4 Å². The van der Waals surface area contributed by atoms with Crippen molar-refractivity contribution in [2.45, 2.75) is 33.7 Å². The van der Waals surface area contributed by atoms with Gasteiger partial charge in [0.1, 0.15) is 41.7 Å². The molecule has 21 heteroatoms. The Morgan fingerprint density at radius 1 is 0.603 bits per heavy atom. The Morgan fingerprint density at radius 3 is 1.24 bits per heavy atom. The molecule has 0 saturated carbocycles. The van der Waals surface area contributed by atoms with Crippen LogP contribution in [0.5, 0.6) is 0 Å². The second-order valence-corrected chi connectivity index (χ2v) is 13.6. The third kappa shape index (κ3) is 18.8. The Kier molecular flexibility index (Phi) is 23.8. The van der Waals surface area contributed by atoms with Crippen LogP contribution in [0, 0.1) is 0 Å². The Morgan fingerprint density at radius 2 is 0.921 bits per heavy atom. The molecule has 320 valence electrons. The maximum absolute atomic E-state index is 10.8. The molecule has 4 aromatic carbocycles. The maximum atomic E-state index is 10.8. The van der Waals surface area contributed by atoms with Gasteiger partial charge in [-0.3, -0.25) is 9.09 Å². The minimum Gasteiger partial charge on any atom is -0.388 e. The van der Waals surface area contributed by atoms with Crippen LogP contribution in [-0.4, -0.2) is 40.4 Å². The molecule has 0 aliphatic rings. The van der Waals surface area contributed by atoms with Crippen molar-refractivity contribution in [3.8, 4) is 45.0 Å². The topological polar surface area (TPSA) is 301 Å². The molecule has 0 aliphatic heterocycles. The van der Waals surface area contributed by atoms with E-state index in [2.05, 4.69) is 34.8 Å². The number of nitrogens with two attached hydrogens (primary N) is 1. The van der Waals surface area contributed by atoms with Crippen molar-refractivity contribution in [2.75, 3.05) is 6.26 Å². The molecule has 63 heavy (non-hydrogen) atoms. The Balaban J connectivity index is 0.000000281. The Bertz CT molecular complexity index is 2590. The van der Waals surface area contributed by atoms with Gasteiger partial charge in [-0.05, 0) is 5.53 Å². The average molecular weight is 884 g/mol. The normalized spacial score (nSPS) is 9.76. The van der Waals surface area contributed by atoms with Gasteiger partial charge >= 0.3 is 29.6 Å². The molecule has 8 rings (SSSR count). The van der Waals surface area contributed by atoms with Crippen molar-refractivity contribution in [3.05, 3.63) is 195 Å². The van der Waals surface area contributed by atoms with Gasteiger partial charge in [0.2, 0.25) is 0 Å². The van der Waals surface area contributed by atoms with E-state index in [0.717, 1.165) is 45.6 Å². The second kappa shape index (κ2) is 28.7. The van der Waals surface area contributed by atoms with E-state index >= 15 is 0 Å². The van der Waals surface area contributed by atoms with Crippen molar-refractivity contribution in [1.29, 1.82) is 0 Å². The summed E-state index contributed by atoms with van der Waals surface area (Å²) in [5.74, 6) is 2.12. The number of aromatic nitrogens is 4. The van der Waals surface area contributed by atoms with Gasteiger partial charge in [0.15, 0.2) is 17.3 Å². The standard InChI is InChI=1S/C11H11NO4S.C10H8N4O.C10H10N2O.C10H9NO2.CH4.N3.Na/c1-17(13,14)15-8-10-7-11(12-16-10)9-5-3-2-4-6-9;11-14-12-7-9-6-10(13-15-9)8-4-2-1-3-5-8;11-7-9-6-10(12-13-9)8-4-2-1-3-5-8;12-7-9-6-10(11-13-9)8-4-2-1-3-5-8;;1-3-2;/h2-7H,8H2,1H3;1-6H,7H2;1-6H,7,11H2;1-6,12H,7H2;1H4;;/q;;;;;-1;+1. The van der Waals surface area contributed by atoms with Crippen LogP contribution in [0.4, 0.5) is 0 Å². The van der Waals surface area contributed by atoms with Crippen LogP contribution in [-0.2, 0) is 40.6 Å². The summed E-state index contributed by atoms with van der Waals surface area (Å²) in [6, 6.07) is 45.7. The van der Waals surface area contributed by atoms with E-state index in [-0.39, 0.29) is 56.7 Å². The zero-order valence-electron chi connectivity index (χ0n) is 33.4. The molecule has 4 aromatic heterocycles. The van der Waals surface area contributed by atoms with Gasteiger partial charge in [0.05, 0.1) is 19.3 Å². The van der Waals surface area contributed by atoms with E-state index in [1.165, 1.54) is 4.91 Å². The van der Waals surface area contributed by atoms with Crippen LogP contribution in [0.3, 0.4) is 0 Å². The van der Waals surface area contributed by atoms with Crippen molar-refractivity contribution in [1.82, 2.24) is 20.6 Å². The van der Waals surface area contributed by atoms with Gasteiger partial charge < -0.3 is 40.0 Å². The molecule has 19 nitrogen and oxygen atoms in total. The van der Waals surface area contributed by atoms with Crippen LogP contribution in [0.2, 0.25) is 0 Å². The summed E-state index contributed by atoms with van der Waals surface area (Å²) in [4.78, 5) is 4.15. The molecule has 0 aliphatic carbocycles. The molecular formula is C42H42N11NaO8S. The largest absolute Gasteiger partial charge is 1.00 e. The average Bonchev–Trinajstić information content (AvgIpc) is 4.15. The minimum atomic E-state index is -3.47. The van der Waals surface area contributed by atoms with E-state index < -0.39 is 10.1 Å². The monoisotopic (exact) mass is 883 g/mol. The number of aliphatic hydroxyl groups is 1. The molecule has 0 spiro atoms. The fourth-order valence-electron chi connectivity index (χ4n) is 4.81. The molecule has 0 bridgehead atoms. The first kappa shape index (κ1) is 52.3. The van der Waals surface area contributed by atoms with Crippen molar-refractivity contribution in [2.24, 2.45) is 10.8 Å². The number of nitrogens with zero attached hydrogens (tertiary/aromatic N) is 10. The summed E-state index contributed by atoms with van der Waals surface area (Å²) in [5.41, 5.74) is 34.0. The number of rotatable bonds is 11. The molecule has 4 heterocycles. The zero-order valence-corrected chi connectivity index (χ0v) is 36.3. The molecule has 0 unspecified atom stereocenters. The molecule has 0 radical (unpaired) electrons. The summed E-state index contributed by atoms with van der Waals surface area (Å²) >= 11 is 0. The summed E-state index contributed by atoms with van der Waals surface area (Å²) < 4.78 is 46.0. The molecular weight excluding hydrogens is 842 g/mol. The summed E-state index contributed by atoms with van der Waals surface area (Å²) in [7, 11) is -3.47. The fraction of sp³-hybridized carbons (Fsp3) is 0.143. The predicted octanol–water partition coefficient (Wildman–Crippen LogP) is 7.11. The minimum absolute atomic E-state index is 0. The quantitative estimate of drug-likeness (QED) is 0.0431. The number of benzene rings is 4. The first-order valence-corrected chi connectivity index (χ1v) is 19.7. The van der Waals surface area contributed by atoms with Crippen molar-refractivity contribution in [3.63, 3.8) is 0 Å². The molecule has 0 saturated heterocycles. The summed E-state index contributed by atoms with van der Waals surface area (Å²) in [6.45, 7) is 0.328. The van der Waals surface area contributed by atoms with Crippen LogP contribution in [0.15, 0.2) is 169 Å². The van der Waals surface area contributed by atoms with E-state index in [4.69, 9.17) is 45.5 Å². The van der Waals surface area contributed by atoms with E-state index in [1.807, 2.05) is 127 Å². The third-order valence-electron chi connectivity index (χ3n) is 7.58. The summed E-state index contributed by atoms with van der Waals surface area (Å²) in [6.07, 6.45) is 0.988. The van der Waals surface area contributed by atoms with Gasteiger partial charge in [-0.15, -0.1) is 0 Å². The smallest absolute Gasteiger partial charge is 0.388 e. The van der Waals surface area contributed by atoms with Crippen LogP contribution >= 0.6 is 0 Å². The number of hydrogen-bond donors (Lipinski definition) is 2. The first-order valence-electron chi connectivity index (χ1n) is 17.8. The first-order chi connectivity index (χ1) is 29.7. The van der Waals surface area contributed by atoms with E-state index in [1.54, 1.807) is 18.2 Å². The second-order valence-electron chi connectivity index (χ2n) is 12.0. The molecule has 3 N–H and O–H groups in total. The van der Waals surface area contributed by atoms with Crippen molar-refractivity contribution >= 4 is 10.1 Å². The van der Waals surface area contributed by atoms with E-state index in [9.17, 15) is 8.42 Å². The SMILES string of the molecule is C.CS(=O)(=O)OCc1cc(-c2ccccc2)no1.NCc1cc(-c2ccccc2)no1.OCc1cc(-c2ccccc2)no1.[N-]=[N+]=NCc1cc(-c2ccccc2)no1.[N-]=[N+]=[N-].[Na+]. The van der Waals surface area contributed by atoms with Gasteiger partial charge in [0.25, 0.3) is 10.1 Å². The van der Waals surface area contributed by atoms with Crippen molar-refractivity contribution < 1.29 is 65.4 Å². The molecule has 0 fully saturated rings. The van der Waals surface area contributed by atoms with Gasteiger partial charge in [0, 0.05) is 51.4 Å².